The van der Waals surface area contributed by atoms with Crippen LogP contribution in [0.2, 0.25) is 0 Å². The van der Waals surface area contributed by atoms with Gasteiger partial charge in [-0.1, -0.05) is 19.1 Å². The molecule has 0 aliphatic heterocycles. The summed E-state index contributed by atoms with van der Waals surface area (Å²) in [5.41, 5.74) is 1.81. The fourth-order valence-corrected chi connectivity index (χ4v) is 2.91. The third-order valence-corrected chi connectivity index (χ3v) is 4.56. The van der Waals surface area contributed by atoms with Crippen LogP contribution in [0.4, 0.5) is 0 Å². The van der Waals surface area contributed by atoms with E-state index < -0.39 is 0 Å². The quantitative estimate of drug-likeness (QED) is 0.596. The molecule has 0 aliphatic rings. The standard InChI is InChI=1S/C18H21N3OS/c1-13(6-5-9-17-19-11-14(23-2)12-20-17)10-18-21-15-7-3-4-8-16(15)22-18/h3-4,7-8,11-13H,5-6,9-10H2,1-2H3. The Bertz CT molecular complexity index is 721. The van der Waals surface area contributed by atoms with Gasteiger partial charge in [-0.25, -0.2) is 15.0 Å². The summed E-state index contributed by atoms with van der Waals surface area (Å²) in [6, 6.07) is 7.91. The van der Waals surface area contributed by atoms with Gasteiger partial charge in [0.15, 0.2) is 11.5 Å². The molecule has 0 saturated heterocycles. The fraction of sp³-hybridized carbons (Fsp3) is 0.389. The van der Waals surface area contributed by atoms with Gasteiger partial charge < -0.3 is 4.42 Å². The van der Waals surface area contributed by atoms with E-state index in [0.717, 1.165) is 53.4 Å². The second-order valence-corrected chi connectivity index (χ2v) is 6.70. The molecule has 3 rings (SSSR count). The molecule has 5 heteroatoms. The molecule has 2 aromatic heterocycles. The number of aryl methyl sites for hydroxylation is 1. The van der Waals surface area contributed by atoms with E-state index in [2.05, 4.69) is 21.9 Å². The van der Waals surface area contributed by atoms with Crippen molar-refractivity contribution in [3.8, 4) is 0 Å². The molecule has 1 atom stereocenters. The zero-order valence-corrected chi connectivity index (χ0v) is 14.3. The van der Waals surface area contributed by atoms with Gasteiger partial charge in [-0.2, -0.15) is 0 Å². The number of oxazole rings is 1. The van der Waals surface area contributed by atoms with Crippen LogP contribution in [0.25, 0.3) is 11.1 Å². The molecular weight excluding hydrogens is 306 g/mol. The molecule has 0 saturated carbocycles. The van der Waals surface area contributed by atoms with Crippen molar-refractivity contribution >= 4 is 22.9 Å². The predicted molar refractivity (Wildman–Crippen MR) is 93.6 cm³/mol. The topological polar surface area (TPSA) is 51.8 Å². The zero-order chi connectivity index (χ0) is 16.1. The third kappa shape index (κ3) is 4.32. The van der Waals surface area contributed by atoms with Gasteiger partial charge in [-0.3, -0.25) is 0 Å². The van der Waals surface area contributed by atoms with E-state index in [4.69, 9.17) is 4.42 Å². The minimum absolute atomic E-state index is 0.536. The summed E-state index contributed by atoms with van der Waals surface area (Å²) in [4.78, 5) is 14.4. The largest absolute Gasteiger partial charge is 0.441 e. The number of fused-ring (bicyclic) bond motifs is 1. The minimum atomic E-state index is 0.536. The maximum Gasteiger partial charge on any atom is 0.195 e. The molecule has 3 aromatic rings. The number of aromatic nitrogens is 3. The Labute approximate surface area is 140 Å². The van der Waals surface area contributed by atoms with Crippen molar-refractivity contribution in [2.24, 2.45) is 5.92 Å². The lowest BCUT2D eigenvalue weighted by molar-refractivity contribution is 0.434. The molecule has 4 nitrogen and oxygen atoms in total. The van der Waals surface area contributed by atoms with Gasteiger partial charge >= 0.3 is 0 Å². The number of para-hydroxylation sites is 2. The second-order valence-electron chi connectivity index (χ2n) is 5.82. The summed E-state index contributed by atoms with van der Waals surface area (Å²) >= 11 is 1.67. The van der Waals surface area contributed by atoms with E-state index >= 15 is 0 Å². The Balaban J connectivity index is 1.48. The first kappa shape index (κ1) is 16.0. The number of nitrogens with zero attached hydrogens (tertiary/aromatic N) is 3. The first-order valence-corrected chi connectivity index (χ1v) is 9.16. The van der Waals surface area contributed by atoms with Crippen molar-refractivity contribution in [1.29, 1.82) is 0 Å². The van der Waals surface area contributed by atoms with Crippen molar-refractivity contribution in [2.45, 2.75) is 37.5 Å². The van der Waals surface area contributed by atoms with Gasteiger partial charge in [0.05, 0.1) is 0 Å². The molecule has 1 aromatic carbocycles. The molecule has 0 radical (unpaired) electrons. The van der Waals surface area contributed by atoms with E-state index in [1.165, 1.54) is 0 Å². The van der Waals surface area contributed by atoms with E-state index in [0.29, 0.717) is 5.92 Å². The molecule has 2 heterocycles. The summed E-state index contributed by atoms with van der Waals surface area (Å²) in [7, 11) is 0. The number of rotatable bonds is 7. The minimum Gasteiger partial charge on any atom is -0.441 e. The Kier molecular flexibility index (Phi) is 5.28. The smallest absolute Gasteiger partial charge is 0.195 e. The highest BCUT2D eigenvalue weighted by Gasteiger charge is 2.10. The van der Waals surface area contributed by atoms with Gasteiger partial charge in [0.1, 0.15) is 11.3 Å². The summed E-state index contributed by atoms with van der Waals surface area (Å²) in [6.45, 7) is 2.24. The van der Waals surface area contributed by atoms with Gasteiger partial charge in [-0.05, 0) is 37.1 Å². The van der Waals surface area contributed by atoms with Crippen LogP contribution in [-0.4, -0.2) is 21.2 Å². The summed E-state index contributed by atoms with van der Waals surface area (Å²) in [5, 5.41) is 0. The lowest BCUT2D eigenvalue weighted by Crippen LogP contribution is -2.02. The average Bonchev–Trinajstić information content (AvgIpc) is 2.97. The molecule has 0 bridgehead atoms. The lowest BCUT2D eigenvalue weighted by atomic mass is 10.0. The van der Waals surface area contributed by atoms with Crippen LogP contribution in [0, 0.1) is 5.92 Å². The van der Waals surface area contributed by atoms with Crippen LogP contribution in [0.3, 0.4) is 0 Å². The molecular formula is C18H21N3OS. The highest BCUT2D eigenvalue weighted by atomic mass is 32.2. The molecule has 0 amide bonds. The zero-order valence-electron chi connectivity index (χ0n) is 13.5. The lowest BCUT2D eigenvalue weighted by Gasteiger charge is -2.08. The number of hydrogen-bond acceptors (Lipinski definition) is 5. The third-order valence-electron chi connectivity index (χ3n) is 3.88. The van der Waals surface area contributed by atoms with Gasteiger partial charge in [0.25, 0.3) is 0 Å². The van der Waals surface area contributed by atoms with Crippen molar-refractivity contribution in [1.82, 2.24) is 15.0 Å². The molecule has 0 aliphatic carbocycles. The summed E-state index contributed by atoms with van der Waals surface area (Å²) < 4.78 is 5.79. The predicted octanol–water partition coefficient (Wildman–Crippen LogP) is 4.54. The second kappa shape index (κ2) is 7.59. The molecule has 1 unspecified atom stereocenters. The summed E-state index contributed by atoms with van der Waals surface area (Å²) in [6.07, 6.45) is 9.83. The van der Waals surface area contributed by atoms with Crippen molar-refractivity contribution in [2.75, 3.05) is 6.26 Å². The Hall–Kier alpha value is -1.88. The molecule has 0 fully saturated rings. The normalized spacial score (nSPS) is 12.6. The van der Waals surface area contributed by atoms with E-state index in [-0.39, 0.29) is 0 Å². The maximum absolute atomic E-state index is 5.79. The first-order valence-electron chi connectivity index (χ1n) is 7.94. The number of benzene rings is 1. The SMILES string of the molecule is CSc1cnc(CCCC(C)Cc2nc3ccccc3o2)nc1. The highest BCUT2D eigenvalue weighted by Crippen LogP contribution is 2.19. The Morgan fingerprint density at radius 1 is 1.17 bits per heavy atom. The van der Waals surface area contributed by atoms with Gasteiger partial charge in [0.2, 0.25) is 0 Å². The van der Waals surface area contributed by atoms with Crippen LogP contribution in [0.1, 0.15) is 31.5 Å². The molecule has 0 spiro atoms. The maximum atomic E-state index is 5.79. The Morgan fingerprint density at radius 3 is 2.70 bits per heavy atom. The van der Waals surface area contributed by atoms with Crippen LogP contribution in [0.5, 0.6) is 0 Å². The Morgan fingerprint density at radius 2 is 1.96 bits per heavy atom. The highest BCUT2D eigenvalue weighted by molar-refractivity contribution is 7.98. The van der Waals surface area contributed by atoms with Gasteiger partial charge in [-0.15, -0.1) is 11.8 Å². The van der Waals surface area contributed by atoms with Crippen LogP contribution >= 0.6 is 11.8 Å². The first-order chi connectivity index (χ1) is 11.2. The van der Waals surface area contributed by atoms with Crippen molar-refractivity contribution < 1.29 is 4.42 Å². The van der Waals surface area contributed by atoms with E-state index in [9.17, 15) is 0 Å². The number of thioether (sulfide) groups is 1. The van der Waals surface area contributed by atoms with E-state index in [1.807, 2.05) is 42.9 Å². The van der Waals surface area contributed by atoms with E-state index in [1.54, 1.807) is 11.8 Å². The monoisotopic (exact) mass is 327 g/mol. The number of hydrogen-bond donors (Lipinski definition) is 0. The van der Waals surface area contributed by atoms with Crippen molar-refractivity contribution in [3.05, 3.63) is 48.4 Å². The van der Waals surface area contributed by atoms with Crippen molar-refractivity contribution in [3.63, 3.8) is 0 Å². The van der Waals surface area contributed by atoms with Crippen LogP contribution in [0.15, 0.2) is 46.0 Å². The molecule has 120 valence electrons. The van der Waals surface area contributed by atoms with Crippen LogP contribution in [-0.2, 0) is 12.8 Å². The molecule has 23 heavy (non-hydrogen) atoms. The van der Waals surface area contributed by atoms with Crippen LogP contribution < -0.4 is 0 Å². The average molecular weight is 327 g/mol. The fourth-order valence-electron chi connectivity index (χ4n) is 2.59. The van der Waals surface area contributed by atoms with Gasteiger partial charge in [0, 0.05) is 30.1 Å². The molecule has 0 N–H and O–H groups in total. The summed E-state index contributed by atoms with van der Waals surface area (Å²) in [5.74, 6) is 2.30.